The number of anilines is 1. The van der Waals surface area contributed by atoms with Crippen LogP contribution in [0.3, 0.4) is 0 Å². The Morgan fingerprint density at radius 2 is 2.05 bits per heavy atom. The van der Waals surface area contributed by atoms with E-state index < -0.39 is 5.91 Å². The van der Waals surface area contributed by atoms with Gasteiger partial charge in [0.1, 0.15) is 5.56 Å². The van der Waals surface area contributed by atoms with Crippen LogP contribution in [0, 0.1) is 5.92 Å². The first-order chi connectivity index (χ1) is 10.1. The molecule has 2 aromatic rings. The van der Waals surface area contributed by atoms with Crippen LogP contribution in [0.5, 0.6) is 0 Å². The number of aromatic nitrogens is 3. The third kappa shape index (κ3) is 2.44. The molecule has 0 saturated heterocycles. The lowest BCUT2D eigenvalue weighted by Crippen LogP contribution is -2.30. The molecule has 3 rings (SSSR count). The number of nitrogens with one attached hydrogen (secondary N) is 1. The highest BCUT2D eigenvalue weighted by Gasteiger charge is 2.24. The molecule has 2 aromatic heterocycles. The highest BCUT2D eigenvalue weighted by atomic mass is 16.2. The molecule has 1 unspecified atom stereocenters. The molecule has 6 nitrogen and oxygen atoms in total. The molecule has 0 spiro atoms. The van der Waals surface area contributed by atoms with Gasteiger partial charge in [-0.2, -0.15) is 0 Å². The predicted octanol–water partition coefficient (Wildman–Crippen LogP) is 1.16. The largest absolute Gasteiger partial charge is 0.315 e. The zero-order chi connectivity index (χ0) is 15.0. The molecule has 1 aliphatic rings. The monoisotopic (exact) mass is 284 g/mol. The summed E-state index contributed by atoms with van der Waals surface area (Å²) in [6.45, 7) is 2.14. The molecule has 0 bridgehead atoms. The van der Waals surface area contributed by atoms with E-state index in [1.807, 2.05) is 0 Å². The minimum atomic E-state index is -0.468. The van der Waals surface area contributed by atoms with Crippen LogP contribution in [0.25, 0.3) is 0 Å². The van der Waals surface area contributed by atoms with Crippen molar-refractivity contribution in [2.75, 3.05) is 5.32 Å². The molecule has 2 heterocycles. The summed E-state index contributed by atoms with van der Waals surface area (Å²) in [6.07, 6.45) is 4.84. The first kappa shape index (κ1) is 13.5. The number of pyridine rings is 1. The SMILES string of the molecule is CC1Cc2cc(C(=O)Nc3ncccn3)c(=O)n(C)c2C1. The number of nitrogens with zero attached hydrogens (tertiary/aromatic N) is 3. The average Bonchev–Trinajstić information content (AvgIpc) is 2.85. The molecule has 1 amide bonds. The Balaban J connectivity index is 1.96. The molecule has 0 fully saturated rings. The van der Waals surface area contributed by atoms with Crippen LogP contribution in [0.4, 0.5) is 5.95 Å². The summed E-state index contributed by atoms with van der Waals surface area (Å²) in [5, 5.41) is 2.55. The van der Waals surface area contributed by atoms with Gasteiger partial charge >= 0.3 is 0 Å². The van der Waals surface area contributed by atoms with Gasteiger partial charge in [0, 0.05) is 25.1 Å². The molecule has 0 aromatic carbocycles. The van der Waals surface area contributed by atoms with Gasteiger partial charge < -0.3 is 4.57 Å². The summed E-state index contributed by atoms with van der Waals surface area (Å²) in [5.74, 6) is 0.226. The van der Waals surface area contributed by atoms with Crippen molar-refractivity contribution in [3.8, 4) is 0 Å². The van der Waals surface area contributed by atoms with E-state index in [-0.39, 0.29) is 17.1 Å². The van der Waals surface area contributed by atoms with E-state index in [0.29, 0.717) is 5.92 Å². The van der Waals surface area contributed by atoms with Gasteiger partial charge in [0.05, 0.1) is 0 Å². The van der Waals surface area contributed by atoms with Crippen LogP contribution in [0.1, 0.15) is 28.5 Å². The number of hydrogen-bond acceptors (Lipinski definition) is 4. The molecule has 6 heteroatoms. The fourth-order valence-corrected chi connectivity index (χ4v) is 2.76. The molecular formula is C15H16N4O2. The molecular weight excluding hydrogens is 268 g/mol. The standard InChI is InChI=1S/C15H16N4O2/c1-9-6-10-8-11(14(21)19(2)12(10)7-9)13(20)18-15-16-4-3-5-17-15/h3-5,8-9H,6-7H2,1-2H3,(H,16,17,18,20). The Morgan fingerprint density at radius 3 is 2.76 bits per heavy atom. The average molecular weight is 284 g/mol. The maximum absolute atomic E-state index is 12.3. The van der Waals surface area contributed by atoms with Crippen molar-refractivity contribution in [3.63, 3.8) is 0 Å². The van der Waals surface area contributed by atoms with E-state index in [1.165, 1.54) is 12.4 Å². The molecule has 0 saturated carbocycles. The first-order valence-corrected chi connectivity index (χ1v) is 6.86. The van der Waals surface area contributed by atoms with Crippen molar-refractivity contribution in [1.82, 2.24) is 14.5 Å². The quantitative estimate of drug-likeness (QED) is 0.898. The van der Waals surface area contributed by atoms with Crippen LogP contribution in [-0.4, -0.2) is 20.4 Å². The molecule has 1 N–H and O–H groups in total. The number of fused-ring (bicyclic) bond motifs is 1. The van der Waals surface area contributed by atoms with Crippen LogP contribution in [-0.2, 0) is 19.9 Å². The van der Waals surface area contributed by atoms with E-state index in [4.69, 9.17) is 0 Å². The minimum absolute atomic E-state index is 0.137. The van der Waals surface area contributed by atoms with Crippen LogP contribution in [0.2, 0.25) is 0 Å². The molecule has 21 heavy (non-hydrogen) atoms. The topological polar surface area (TPSA) is 76.9 Å². The van der Waals surface area contributed by atoms with Gasteiger partial charge in [0.2, 0.25) is 5.95 Å². The van der Waals surface area contributed by atoms with Crippen molar-refractivity contribution in [3.05, 3.63) is 51.7 Å². The van der Waals surface area contributed by atoms with E-state index in [9.17, 15) is 9.59 Å². The number of amides is 1. The Labute approximate surface area is 121 Å². The zero-order valence-electron chi connectivity index (χ0n) is 12.0. The molecule has 0 radical (unpaired) electrons. The Morgan fingerprint density at radius 1 is 1.33 bits per heavy atom. The maximum atomic E-state index is 12.3. The van der Waals surface area contributed by atoms with Gasteiger partial charge in [-0.15, -0.1) is 0 Å². The number of carbonyl (C=O) groups is 1. The Hall–Kier alpha value is -2.50. The lowest BCUT2D eigenvalue weighted by molar-refractivity contribution is 0.102. The minimum Gasteiger partial charge on any atom is -0.315 e. The van der Waals surface area contributed by atoms with Crippen LogP contribution < -0.4 is 10.9 Å². The fraction of sp³-hybridized carbons (Fsp3) is 0.333. The second-order valence-corrected chi connectivity index (χ2v) is 5.43. The van der Waals surface area contributed by atoms with Gasteiger partial charge in [0.15, 0.2) is 0 Å². The maximum Gasteiger partial charge on any atom is 0.263 e. The van der Waals surface area contributed by atoms with E-state index in [0.717, 1.165) is 24.1 Å². The number of hydrogen-bond donors (Lipinski definition) is 1. The molecule has 1 atom stereocenters. The number of carbonyl (C=O) groups excluding carboxylic acids is 1. The van der Waals surface area contributed by atoms with Gasteiger partial charge in [-0.1, -0.05) is 6.92 Å². The normalized spacial score (nSPS) is 16.6. The molecule has 108 valence electrons. The Bertz CT molecular complexity index is 752. The van der Waals surface area contributed by atoms with Crippen molar-refractivity contribution >= 4 is 11.9 Å². The van der Waals surface area contributed by atoms with E-state index in [1.54, 1.807) is 23.7 Å². The van der Waals surface area contributed by atoms with Crippen molar-refractivity contribution in [2.45, 2.75) is 19.8 Å². The summed E-state index contributed by atoms with van der Waals surface area (Å²) in [7, 11) is 1.72. The van der Waals surface area contributed by atoms with Crippen molar-refractivity contribution in [1.29, 1.82) is 0 Å². The van der Waals surface area contributed by atoms with Crippen molar-refractivity contribution in [2.24, 2.45) is 13.0 Å². The van der Waals surface area contributed by atoms with E-state index >= 15 is 0 Å². The molecule has 1 aliphatic carbocycles. The summed E-state index contributed by atoms with van der Waals surface area (Å²) in [6, 6.07) is 3.37. The highest BCUT2D eigenvalue weighted by molar-refractivity contribution is 6.03. The third-order valence-corrected chi connectivity index (χ3v) is 3.78. The van der Waals surface area contributed by atoms with Crippen molar-refractivity contribution < 1.29 is 4.79 Å². The number of rotatable bonds is 2. The highest BCUT2D eigenvalue weighted by Crippen LogP contribution is 2.25. The Kier molecular flexibility index (Phi) is 3.29. The molecule has 0 aliphatic heterocycles. The smallest absolute Gasteiger partial charge is 0.263 e. The van der Waals surface area contributed by atoms with E-state index in [2.05, 4.69) is 22.2 Å². The van der Waals surface area contributed by atoms with Crippen LogP contribution >= 0.6 is 0 Å². The second-order valence-electron chi connectivity index (χ2n) is 5.43. The summed E-state index contributed by atoms with van der Waals surface area (Å²) in [4.78, 5) is 32.5. The second kappa shape index (κ2) is 5.12. The third-order valence-electron chi connectivity index (χ3n) is 3.78. The summed E-state index contributed by atoms with van der Waals surface area (Å²) in [5.41, 5.74) is 1.96. The van der Waals surface area contributed by atoms with Gasteiger partial charge in [-0.05, 0) is 36.5 Å². The first-order valence-electron chi connectivity index (χ1n) is 6.86. The van der Waals surface area contributed by atoms with Gasteiger partial charge in [-0.25, -0.2) is 9.97 Å². The fourth-order valence-electron chi connectivity index (χ4n) is 2.76. The summed E-state index contributed by atoms with van der Waals surface area (Å²) >= 11 is 0. The lowest BCUT2D eigenvalue weighted by atomic mass is 10.1. The predicted molar refractivity (Wildman–Crippen MR) is 78.2 cm³/mol. The van der Waals surface area contributed by atoms with Gasteiger partial charge in [0.25, 0.3) is 11.5 Å². The lowest BCUT2D eigenvalue weighted by Gasteiger charge is -2.10. The zero-order valence-corrected chi connectivity index (χ0v) is 12.0. The summed E-state index contributed by atoms with van der Waals surface area (Å²) < 4.78 is 1.58. The van der Waals surface area contributed by atoms with Gasteiger partial charge in [-0.3, -0.25) is 14.9 Å². The van der Waals surface area contributed by atoms with Crippen LogP contribution in [0.15, 0.2) is 29.3 Å².